The molecule has 2 nitrogen and oxygen atoms in total. The number of hydrogen-bond donors (Lipinski definition) is 1. The summed E-state index contributed by atoms with van der Waals surface area (Å²) in [7, 11) is 3.60. The molecule has 2 aromatic carbocycles. The zero-order valence-corrected chi connectivity index (χ0v) is 14.0. The third-order valence-electron chi connectivity index (χ3n) is 3.55. The van der Waals surface area contributed by atoms with Crippen molar-refractivity contribution in [3.63, 3.8) is 0 Å². The first-order valence-electron chi connectivity index (χ1n) is 6.81. The first-order valence-corrected chi connectivity index (χ1v) is 7.60. The molecule has 1 unspecified atom stereocenters. The predicted molar refractivity (Wildman–Crippen MR) is 87.3 cm³/mol. The fourth-order valence-corrected chi connectivity index (χ4v) is 2.91. The third kappa shape index (κ3) is 3.83. The van der Waals surface area contributed by atoms with Crippen LogP contribution in [0.3, 0.4) is 0 Å². The van der Waals surface area contributed by atoms with Gasteiger partial charge in [-0.25, -0.2) is 4.39 Å². The van der Waals surface area contributed by atoms with Gasteiger partial charge < -0.3 is 10.1 Å². The maximum Gasteiger partial charge on any atom is 0.124 e. The number of rotatable bonds is 5. The molecule has 1 atom stereocenters. The summed E-state index contributed by atoms with van der Waals surface area (Å²) >= 11 is 3.43. The molecule has 0 saturated carbocycles. The zero-order chi connectivity index (χ0) is 15.4. The Hall–Kier alpha value is -1.39. The van der Waals surface area contributed by atoms with Gasteiger partial charge in [0, 0.05) is 16.1 Å². The number of benzene rings is 2. The molecular weight excluding hydrogens is 333 g/mol. The van der Waals surface area contributed by atoms with E-state index in [1.165, 1.54) is 17.7 Å². The number of hydrogen-bond acceptors (Lipinski definition) is 2. The molecule has 0 aliphatic carbocycles. The smallest absolute Gasteiger partial charge is 0.124 e. The Morgan fingerprint density at radius 2 is 2.00 bits per heavy atom. The van der Waals surface area contributed by atoms with Crippen LogP contribution >= 0.6 is 15.9 Å². The largest absolute Gasteiger partial charge is 0.496 e. The normalized spacial score (nSPS) is 12.2. The standard InChI is InChI=1S/C17H19BrFNO/c1-11-4-7-17(21-3)14(8-11)16(20-2)9-12-5-6-13(19)10-15(12)18/h4-8,10,16,20H,9H2,1-3H3. The summed E-state index contributed by atoms with van der Waals surface area (Å²) in [6.45, 7) is 2.06. The van der Waals surface area contributed by atoms with Crippen LogP contribution in [0.4, 0.5) is 4.39 Å². The molecule has 112 valence electrons. The maximum absolute atomic E-state index is 13.2. The predicted octanol–water partition coefficient (Wildman–Crippen LogP) is 4.41. The lowest BCUT2D eigenvalue weighted by Gasteiger charge is -2.20. The van der Waals surface area contributed by atoms with Gasteiger partial charge in [0.25, 0.3) is 0 Å². The van der Waals surface area contributed by atoms with Gasteiger partial charge in [-0.1, -0.05) is 39.7 Å². The molecule has 0 spiro atoms. The van der Waals surface area contributed by atoms with Gasteiger partial charge in [-0.2, -0.15) is 0 Å². The van der Waals surface area contributed by atoms with Crippen LogP contribution in [0, 0.1) is 12.7 Å². The Labute approximate surface area is 133 Å². The van der Waals surface area contributed by atoms with Crippen LogP contribution in [0.1, 0.15) is 22.7 Å². The molecule has 0 bridgehead atoms. The highest BCUT2D eigenvalue weighted by atomic mass is 79.9. The average molecular weight is 352 g/mol. The molecule has 0 aromatic heterocycles. The Bertz CT molecular complexity index is 630. The molecule has 0 aliphatic rings. The van der Waals surface area contributed by atoms with E-state index >= 15 is 0 Å². The van der Waals surface area contributed by atoms with Crippen molar-refractivity contribution in [2.75, 3.05) is 14.2 Å². The van der Waals surface area contributed by atoms with Crippen molar-refractivity contribution in [2.45, 2.75) is 19.4 Å². The highest BCUT2D eigenvalue weighted by Crippen LogP contribution is 2.30. The monoisotopic (exact) mass is 351 g/mol. The van der Waals surface area contributed by atoms with Gasteiger partial charge in [0.2, 0.25) is 0 Å². The fraction of sp³-hybridized carbons (Fsp3) is 0.294. The zero-order valence-electron chi connectivity index (χ0n) is 12.4. The Morgan fingerprint density at radius 1 is 1.24 bits per heavy atom. The number of likely N-dealkylation sites (N-methyl/N-ethyl adjacent to an activating group) is 1. The van der Waals surface area contributed by atoms with Crippen molar-refractivity contribution < 1.29 is 9.13 Å². The molecule has 0 radical (unpaired) electrons. The molecule has 0 amide bonds. The van der Waals surface area contributed by atoms with E-state index in [9.17, 15) is 4.39 Å². The summed E-state index contributed by atoms with van der Waals surface area (Å²) in [5.74, 6) is 0.623. The SMILES string of the molecule is CNC(Cc1ccc(F)cc1Br)c1cc(C)ccc1OC. The number of aryl methyl sites for hydroxylation is 1. The number of nitrogens with one attached hydrogen (secondary N) is 1. The van der Waals surface area contributed by atoms with Gasteiger partial charge in [-0.3, -0.25) is 0 Å². The number of halogens is 2. The molecule has 0 heterocycles. The highest BCUT2D eigenvalue weighted by Gasteiger charge is 2.16. The van der Waals surface area contributed by atoms with E-state index in [1.54, 1.807) is 7.11 Å². The van der Waals surface area contributed by atoms with Crippen LogP contribution in [0.5, 0.6) is 5.75 Å². The minimum atomic E-state index is -0.236. The van der Waals surface area contributed by atoms with Crippen LogP contribution in [0.15, 0.2) is 40.9 Å². The lowest BCUT2D eigenvalue weighted by atomic mass is 9.96. The van der Waals surface area contributed by atoms with Gasteiger partial charge in [0.05, 0.1) is 7.11 Å². The second-order valence-corrected chi connectivity index (χ2v) is 5.88. The van der Waals surface area contributed by atoms with Crippen molar-refractivity contribution in [3.8, 4) is 5.75 Å². The van der Waals surface area contributed by atoms with E-state index in [2.05, 4.69) is 34.2 Å². The van der Waals surface area contributed by atoms with Crippen LogP contribution in [0.25, 0.3) is 0 Å². The summed E-state index contributed by atoms with van der Waals surface area (Å²) in [6, 6.07) is 11.0. The minimum absolute atomic E-state index is 0.0987. The quantitative estimate of drug-likeness (QED) is 0.861. The summed E-state index contributed by atoms with van der Waals surface area (Å²) in [4.78, 5) is 0. The molecule has 4 heteroatoms. The molecule has 21 heavy (non-hydrogen) atoms. The van der Waals surface area contributed by atoms with E-state index in [0.29, 0.717) is 0 Å². The summed E-state index contributed by atoms with van der Waals surface area (Å²) in [5, 5.41) is 3.32. The van der Waals surface area contributed by atoms with Crippen LogP contribution in [-0.2, 0) is 6.42 Å². The second-order valence-electron chi connectivity index (χ2n) is 5.03. The molecule has 0 saturated heterocycles. The van der Waals surface area contributed by atoms with Gasteiger partial charge >= 0.3 is 0 Å². The van der Waals surface area contributed by atoms with Crippen LogP contribution in [-0.4, -0.2) is 14.2 Å². The van der Waals surface area contributed by atoms with Crippen LogP contribution in [0.2, 0.25) is 0 Å². The number of ether oxygens (including phenoxy) is 1. The van der Waals surface area contributed by atoms with Gasteiger partial charge in [-0.05, 0) is 44.2 Å². The van der Waals surface area contributed by atoms with E-state index in [0.717, 1.165) is 27.8 Å². The molecular formula is C17H19BrFNO. The van der Waals surface area contributed by atoms with Crippen LogP contribution < -0.4 is 10.1 Å². The fourth-order valence-electron chi connectivity index (χ4n) is 2.40. The van der Waals surface area contributed by atoms with E-state index in [-0.39, 0.29) is 11.9 Å². The van der Waals surface area contributed by atoms with Gasteiger partial charge in [-0.15, -0.1) is 0 Å². The molecule has 2 aromatic rings. The van der Waals surface area contributed by atoms with Crippen molar-refractivity contribution in [2.24, 2.45) is 0 Å². The highest BCUT2D eigenvalue weighted by molar-refractivity contribution is 9.10. The molecule has 2 rings (SSSR count). The van der Waals surface area contributed by atoms with Crippen molar-refractivity contribution in [1.29, 1.82) is 0 Å². The first kappa shape index (κ1) is 16.0. The van der Waals surface area contributed by atoms with Crippen molar-refractivity contribution >= 4 is 15.9 Å². The van der Waals surface area contributed by atoms with Crippen molar-refractivity contribution in [3.05, 3.63) is 63.4 Å². The summed E-state index contributed by atoms with van der Waals surface area (Å²) in [6.07, 6.45) is 0.747. The summed E-state index contributed by atoms with van der Waals surface area (Å²) < 4.78 is 19.4. The molecule has 0 fully saturated rings. The number of methoxy groups -OCH3 is 1. The lowest BCUT2D eigenvalue weighted by molar-refractivity contribution is 0.401. The molecule has 1 N–H and O–H groups in total. The van der Waals surface area contributed by atoms with Crippen molar-refractivity contribution in [1.82, 2.24) is 5.32 Å². The third-order valence-corrected chi connectivity index (χ3v) is 4.29. The first-order chi connectivity index (χ1) is 10.0. The molecule has 0 aliphatic heterocycles. The Kier molecular flexibility index (Phi) is 5.37. The average Bonchev–Trinajstić information content (AvgIpc) is 2.46. The van der Waals surface area contributed by atoms with E-state index < -0.39 is 0 Å². The van der Waals surface area contributed by atoms with E-state index in [4.69, 9.17) is 4.74 Å². The summed E-state index contributed by atoms with van der Waals surface area (Å²) in [5.41, 5.74) is 3.35. The topological polar surface area (TPSA) is 21.3 Å². The minimum Gasteiger partial charge on any atom is -0.496 e. The van der Waals surface area contributed by atoms with Gasteiger partial charge in [0.15, 0.2) is 0 Å². The van der Waals surface area contributed by atoms with E-state index in [1.807, 2.05) is 25.2 Å². The lowest BCUT2D eigenvalue weighted by Crippen LogP contribution is -2.20. The van der Waals surface area contributed by atoms with Gasteiger partial charge in [0.1, 0.15) is 11.6 Å². The maximum atomic E-state index is 13.2. The second kappa shape index (κ2) is 7.05. The Morgan fingerprint density at radius 3 is 2.62 bits per heavy atom. The Balaban J connectivity index is 2.34.